The summed E-state index contributed by atoms with van der Waals surface area (Å²) >= 11 is 0. The van der Waals surface area contributed by atoms with Crippen molar-refractivity contribution in [1.29, 1.82) is 0 Å². The highest BCUT2D eigenvalue weighted by Crippen LogP contribution is 2.28. The molecule has 74 valence electrons. The lowest BCUT2D eigenvalue weighted by Gasteiger charge is -2.34. The van der Waals surface area contributed by atoms with Crippen LogP contribution in [0.3, 0.4) is 0 Å². The Labute approximate surface area is 75.7 Å². The number of carbonyl (C=O) groups is 2. The molecule has 0 spiro atoms. The summed E-state index contributed by atoms with van der Waals surface area (Å²) in [6.07, 6.45) is 1.47. The van der Waals surface area contributed by atoms with Gasteiger partial charge in [0.15, 0.2) is 0 Å². The third kappa shape index (κ3) is 1.98. The third-order valence-corrected chi connectivity index (χ3v) is 2.47. The molecule has 0 saturated heterocycles. The first-order valence-corrected chi connectivity index (χ1v) is 4.23. The van der Waals surface area contributed by atoms with Crippen LogP contribution in [0.2, 0.25) is 0 Å². The van der Waals surface area contributed by atoms with Crippen molar-refractivity contribution in [3.8, 4) is 0 Å². The van der Waals surface area contributed by atoms with Crippen LogP contribution in [0.1, 0.15) is 25.7 Å². The van der Waals surface area contributed by atoms with Gasteiger partial charge >= 0.3 is 5.97 Å². The van der Waals surface area contributed by atoms with Gasteiger partial charge in [-0.2, -0.15) is 0 Å². The van der Waals surface area contributed by atoms with Crippen LogP contribution in [0.15, 0.2) is 0 Å². The number of aliphatic hydroxyl groups excluding tert-OH is 1. The lowest BCUT2D eigenvalue weighted by Crippen LogP contribution is -2.55. The predicted molar refractivity (Wildman–Crippen MR) is 44.0 cm³/mol. The van der Waals surface area contributed by atoms with E-state index in [2.05, 4.69) is 5.32 Å². The Morgan fingerprint density at radius 2 is 2.31 bits per heavy atom. The summed E-state index contributed by atoms with van der Waals surface area (Å²) in [6, 6.07) is 0. The van der Waals surface area contributed by atoms with Gasteiger partial charge in [0.05, 0.1) is 6.10 Å². The number of carbonyl (C=O) groups excluding carboxylic acids is 1. The van der Waals surface area contributed by atoms with Crippen molar-refractivity contribution in [2.75, 3.05) is 0 Å². The quantitative estimate of drug-likeness (QED) is 0.519. The summed E-state index contributed by atoms with van der Waals surface area (Å²) in [5.41, 5.74) is -1.25. The molecule has 0 aromatic carbocycles. The summed E-state index contributed by atoms with van der Waals surface area (Å²) in [7, 11) is 0. The molecule has 5 nitrogen and oxygen atoms in total. The summed E-state index contributed by atoms with van der Waals surface area (Å²) in [6.45, 7) is 0. The molecule has 1 fully saturated rings. The average molecular weight is 187 g/mol. The molecule has 3 N–H and O–H groups in total. The maximum Gasteiger partial charge on any atom is 0.329 e. The van der Waals surface area contributed by atoms with Crippen LogP contribution in [0, 0.1) is 0 Å². The Kier molecular flexibility index (Phi) is 2.87. The lowest BCUT2D eigenvalue weighted by atomic mass is 9.80. The lowest BCUT2D eigenvalue weighted by molar-refractivity contribution is -0.149. The van der Waals surface area contributed by atoms with Gasteiger partial charge in [0.2, 0.25) is 6.41 Å². The molecule has 2 unspecified atom stereocenters. The maximum absolute atomic E-state index is 10.9. The maximum atomic E-state index is 10.9. The summed E-state index contributed by atoms with van der Waals surface area (Å²) < 4.78 is 0. The number of carboxylic acids is 1. The first kappa shape index (κ1) is 9.98. The van der Waals surface area contributed by atoms with Gasteiger partial charge in [-0.25, -0.2) is 4.79 Å². The van der Waals surface area contributed by atoms with Crippen LogP contribution in [0.5, 0.6) is 0 Å². The van der Waals surface area contributed by atoms with Gasteiger partial charge in [-0.15, -0.1) is 0 Å². The standard InChI is InChI=1S/C8H13NO4/c10-5-9-8(7(12)13)3-1-2-6(11)4-8/h5-6,11H,1-4H2,(H,9,10)(H,12,13). The van der Waals surface area contributed by atoms with Gasteiger partial charge in [-0.3, -0.25) is 4.79 Å². The Balaban J connectivity index is 2.76. The fraction of sp³-hybridized carbons (Fsp3) is 0.750. The molecule has 0 aromatic rings. The number of aliphatic hydroxyl groups is 1. The van der Waals surface area contributed by atoms with Crippen LogP contribution in [0.4, 0.5) is 0 Å². The molecule has 1 rings (SSSR count). The highest BCUT2D eigenvalue weighted by atomic mass is 16.4. The largest absolute Gasteiger partial charge is 0.480 e. The van der Waals surface area contributed by atoms with Gasteiger partial charge < -0.3 is 15.5 Å². The van der Waals surface area contributed by atoms with E-state index in [-0.39, 0.29) is 6.42 Å². The fourth-order valence-electron chi connectivity index (χ4n) is 1.75. The predicted octanol–water partition coefficient (Wildman–Crippen LogP) is -0.509. The van der Waals surface area contributed by atoms with E-state index in [1.54, 1.807) is 0 Å². The molecule has 1 aliphatic rings. The molecular formula is C8H13NO4. The van der Waals surface area contributed by atoms with Crippen molar-refractivity contribution in [2.45, 2.75) is 37.3 Å². The second kappa shape index (κ2) is 3.74. The van der Waals surface area contributed by atoms with E-state index in [1.165, 1.54) is 0 Å². The molecule has 0 aliphatic heterocycles. The summed E-state index contributed by atoms with van der Waals surface area (Å²) in [5, 5.41) is 20.5. The van der Waals surface area contributed by atoms with Gasteiger partial charge in [0, 0.05) is 6.42 Å². The highest BCUT2D eigenvalue weighted by Gasteiger charge is 2.42. The first-order chi connectivity index (χ1) is 6.10. The van der Waals surface area contributed by atoms with Crippen LogP contribution < -0.4 is 5.32 Å². The molecule has 2 atom stereocenters. The van der Waals surface area contributed by atoms with Crippen LogP contribution in [-0.2, 0) is 9.59 Å². The van der Waals surface area contributed by atoms with E-state index in [9.17, 15) is 14.7 Å². The Bertz CT molecular complexity index is 218. The van der Waals surface area contributed by atoms with E-state index in [4.69, 9.17) is 5.11 Å². The number of amides is 1. The van der Waals surface area contributed by atoms with E-state index in [0.717, 1.165) is 0 Å². The molecule has 1 saturated carbocycles. The van der Waals surface area contributed by atoms with E-state index >= 15 is 0 Å². The van der Waals surface area contributed by atoms with Crippen LogP contribution >= 0.6 is 0 Å². The number of aliphatic carboxylic acids is 1. The van der Waals surface area contributed by atoms with Crippen molar-refractivity contribution < 1.29 is 19.8 Å². The van der Waals surface area contributed by atoms with Crippen molar-refractivity contribution in [1.82, 2.24) is 5.32 Å². The zero-order chi connectivity index (χ0) is 9.90. The molecule has 0 aromatic heterocycles. The van der Waals surface area contributed by atoms with E-state index < -0.39 is 17.6 Å². The molecule has 5 heteroatoms. The van der Waals surface area contributed by atoms with Crippen molar-refractivity contribution >= 4 is 12.4 Å². The molecule has 0 heterocycles. The topological polar surface area (TPSA) is 86.6 Å². The molecule has 1 amide bonds. The van der Waals surface area contributed by atoms with Gasteiger partial charge in [0.25, 0.3) is 0 Å². The number of rotatable bonds is 3. The van der Waals surface area contributed by atoms with Crippen LogP contribution in [0.25, 0.3) is 0 Å². The third-order valence-electron chi connectivity index (χ3n) is 2.47. The number of nitrogens with one attached hydrogen (secondary N) is 1. The van der Waals surface area contributed by atoms with Crippen molar-refractivity contribution in [3.05, 3.63) is 0 Å². The molecule has 1 aliphatic carbocycles. The molecule has 13 heavy (non-hydrogen) atoms. The SMILES string of the molecule is O=CNC1(C(=O)O)CCCC(O)C1. The van der Waals surface area contributed by atoms with Crippen LogP contribution in [-0.4, -0.2) is 34.2 Å². The zero-order valence-corrected chi connectivity index (χ0v) is 7.19. The molecular weight excluding hydrogens is 174 g/mol. The molecule has 0 radical (unpaired) electrons. The fourth-order valence-corrected chi connectivity index (χ4v) is 1.75. The van der Waals surface area contributed by atoms with E-state index in [1.807, 2.05) is 0 Å². The minimum absolute atomic E-state index is 0.0983. The zero-order valence-electron chi connectivity index (χ0n) is 7.19. The Morgan fingerprint density at radius 3 is 2.77 bits per heavy atom. The monoisotopic (exact) mass is 187 g/mol. The Hall–Kier alpha value is -1.10. The summed E-state index contributed by atoms with van der Waals surface area (Å²) in [4.78, 5) is 21.1. The first-order valence-electron chi connectivity index (χ1n) is 4.23. The minimum Gasteiger partial charge on any atom is -0.480 e. The van der Waals surface area contributed by atoms with Gasteiger partial charge in [0.1, 0.15) is 5.54 Å². The normalized spacial score (nSPS) is 33.8. The minimum atomic E-state index is -1.25. The molecule has 0 bridgehead atoms. The second-order valence-corrected chi connectivity index (χ2v) is 3.40. The Morgan fingerprint density at radius 1 is 1.62 bits per heavy atom. The highest BCUT2D eigenvalue weighted by molar-refractivity contribution is 5.81. The van der Waals surface area contributed by atoms with Gasteiger partial charge in [-0.05, 0) is 19.3 Å². The average Bonchev–Trinajstić information content (AvgIpc) is 2.04. The van der Waals surface area contributed by atoms with Crippen molar-refractivity contribution in [3.63, 3.8) is 0 Å². The number of hydrogen-bond acceptors (Lipinski definition) is 3. The van der Waals surface area contributed by atoms with Gasteiger partial charge in [-0.1, -0.05) is 0 Å². The number of carboxylic acid groups (broad SMARTS) is 1. The summed E-state index contributed by atoms with van der Waals surface area (Å²) in [5.74, 6) is -1.07. The number of hydrogen-bond donors (Lipinski definition) is 3. The van der Waals surface area contributed by atoms with Crippen molar-refractivity contribution in [2.24, 2.45) is 0 Å². The smallest absolute Gasteiger partial charge is 0.329 e. The second-order valence-electron chi connectivity index (χ2n) is 3.40. The van der Waals surface area contributed by atoms with E-state index in [0.29, 0.717) is 25.7 Å².